The van der Waals surface area contributed by atoms with Crippen molar-refractivity contribution in [2.75, 3.05) is 0 Å². The second kappa shape index (κ2) is 6.72. The summed E-state index contributed by atoms with van der Waals surface area (Å²) < 4.78 is 6.05. The van der Waals surface area contributed by atoms with Crippen LogP contribution in [-0.2, 0) is 16.1 Å². The maximum atomic E-state index is 12.7. The maximum Gasteiger partial charge on any atom is 0.273 e. The third kappa shape index (κ3) is 2.96. The van der Waals surface area contributed by atoms with E-state index in [9.17, 15) is 14.4 Å². The Hall–Kier alpha value is -2.41. The standard InChI is InChI=1S/C19H23N3O4/c20-15-4-1-2-5-16(15)26-13-8-9-14-12(10-13)11-21(19(14)25)22-17(23)6-3-7-18(22)24/h8-10,15-16H,1-7,11,20H2/t15-,16+/m1/s1. The Morgan fingerprint density at radius 1 is 1.00 bits per heavy atom. The molecule has 0 aromatic heterocycles. The van der Waals surface area contributed by atoms with Gasteiger partial charge in [0.2, 0.25) is 11.8 Å². The molecule has 2 N–H and O–H groups in total. The lowest BCUT2D eigenvalue weighted by Crippen LogP contribution is -2.51. The number of rotatable bonds is 3. The molecule has 1 saturated heterocycles. The summed E-state index contributed by atoms with van der Waals surface area (Å²) in [6.45, 7) is 0.208. The number of nitrogens with two attached hydrogens (primary N) is 1. The molecule has 2 aliphatic heterocycles. The number of hydrogen-bond acceptors (Lipinski definition) is 5. The van der Waals surface area contributed by atoms with Crippen LogP contribution in [0.15, 0.2) is 18.2 Å². The molecule has 0 unspecified atom stereocenters. The highest BCUT2D eigenvalue weighted by Gasteiger charge is 2.39. The lowest BCUT2D eigenvalue weighted by Gasteiger charge is -2.32. The molecule has 26 heavy (non-hydrogen) atoms. The van der Waals surface area contributed by atoms with E-state index in [1.165, 1.54) is 5.01 Å². The molecular formula is C19H23N3O4. The van der Waals surface area contributed by atoms with Crippen LogP contribution in [0, 0.1) is 0 Å². The first-order valence-electron chi connectivity index (χ1n) is 9.27. The zero-order valence-corrected chi connectivity index (χ0v) is 14.6. The maximum absolute atomic E-state index is 12.7. The number of carbonyl (C=O) groups excluding carboxylic acids is 3. The third-order valence-electron chi connectivity index (χ3n) is 5.40. The average molecular weight is 357 g/mol. The molecule has 1 saturated carbocycles. The molecule has 7 heteroatoms. The zero-order valence-electron chi connectivity index (χ0n) is 14.6. The molecule has 0 radical (unpaired) electrons. The van der Waals surface area contributed by atoms with Gasteiger partial charge in [-0.2, -0.15) is 5.01 Å². The summed E-state index contributed by atoms with van der Waals surface area (Å²) in [5, 5.41) is 2.27. The van der Waals surface area contributed by atoms with Crippen molar-refractivity contribution >= 4 is 17.7 Å². The molecule has 2 fully saturated rings. The predicted octanol–water partition coefficient (Wildman–Crippen LogP) is 1.75. The van der Waals surface area contributed by atoms with E-state index in [1.54, 1.807) is 12.1 Å². The van der Waals surface area contributed by atoms with E-state index in [-0.39, 0.29) is 36.4 Å². The minimum atomic E-state index is -0.315. The molecule has 1 aromatic rings. The number of imide groups is 1. The van der Waals surface area contributed by atoms with Crippen LogP contribution < -0.4 is 10.5 Å². The van der Waals surface area contributed by atoms with Gasteiger partial charge in [0.15, 0.2) is 0 Å². The summed E-state index contributed by atoms with van der Waals surface area (Å²) in [4.78, 5) is 36.9. The molecular weight excluding hydrogens is 334 g/mol. The molecule has 2 heterocycles. The Morgan fingerprint density at radius 3 is 2.46 bits per heavy atom. The highest BCUT2D eigenvalue weighted by atomic mass is 16.5. The van der Waals surface area contributed by atoms with Gasteiger partial charge in [0.1, 0.15) is 11.9 Å². The Bertz CT molecular complexity index is 747. The van der Waals surface area contributed by atoms with Crippen LogP contribution in [0.5, 0.6) is 5.75 Å². The van der Waals surface area contributed by atoms with Crippen molar-refractivity contribution in [3.63, 3.8) is 0 Å². The fourth-order valence-corrected chi connectivity index (χ4v) is 3.97. The second-order valence-electron chi connectivity index (χ2n) is 7.24. The van der Waals surface area contributed by atoms with Crippen molar-refractivity contribution in [2.24, 2.45) is 5.73 Å². The zero-order chi connectivity index (χ0) is 18.3. The van der Waals surface area contributed by atoms with Crippen LogP contribution in [0.4, 0.5) is 0 Å². The molecule has 4 rings (SSSR count). The van der Waals surface area contributed by atoms with Crippen molar-refractivity contribution < 1.29 is 19.1 Å². The van der Waals surface area contributed by atoms with E-state index in [2.05, 4.69) is 0 Å². The molecule has 1 aromatic carbocycles. The fourth-order valence-electron chi connectivity index (χ4n) is 3.97. The number of nitrogens with zero attached hydrogens (tertiary/aromatic N) is 2. The first-order chi connectivity index (χ1) is 12.5. The summed E-state index contributed by atoms with van der Waals surface area (Å²) in [5.74, 6) is -0.263. The third-order valence-corrected chi connectivity index (χ3v) is 5.40. The van der Waals surface area contributed by atoms with Crippen LogP contribution in [0.25, 0.3) is 0 Å². The molecule has 7 nitrogen and oxygen atoms in total. The number of hydrogen-bond donors (Lipinski definition) is 1. The van der Waals surface area contributed by atoms with E-state index in [0.717, 1.165) is 36.3 Å². The topological polar surface area (TPSA) is 92.9 Å². The monoisotopic (exact) mass is 357 g/mol. The first-order valence-corrected chi connectivity index (χ1v) is 9.27. The Labute approximate surface area is 152 Å². The molecule has 2 atom stereocenters. The van der Waals surface area contributed by atoms with Crippen molar-refractivity contribution in [3.8, 4) is 5.75 Å². The van der Waals surface area contributed by atoms with Crippen molar-refractivity contribution in [1.82, 2.24) is 10.0 Å². The largest absolute Gasteiger partial charge is 0.489 e. The predicted molar refractivity (Wildman–Crippen MR) is 92.9 cm³/mol. The van der Waals surface area contributed by atoms with Gasteiger partial charge in [-0.1, -0.05) is 6.42 Å². The highest BCUT2D eigenvalue weighted by Crippen LogP contribution is 2.31. The molecule has 138 valence electrons. The second-order valence-corrected chi connectivity index (χ2v) is 7.24. The molecule has 3 amide bonds. The summed E-state index contributed by atoms with van der Waals surface area (Å²) in [6.07, 6.45) is 5.24. The minimum Gasteiger partial charge on any atom is -0.489 e. The van der Waals surface area contributed by atoms with E-state index >= 15 is 0 Å². The number of hydrazine groups is 1. The number of ether oxygens (including phenoxy) is 1. The van der Waals surface area contributed by atoms with E-state index in [0.29, 0.717) is 30.6 Å². The minimum absolute atomic E-state index is 0.0137. The van der Waals surface area contributed by atoms with Gasteiger partial charge in [-0.05, 0) is 49.4 Å². The van der Waals surface area contributed by atoms with Crippen molar-refractivity contribution in [2.45, 2.75) is 63.6 Å². The van der Waals surface area contributed by atoms with Gasteiger partial charge in [-0.3, -0.25) is 14.4 Å². The lowest BCUT2D eigenvalue weighted by molar-refractivity contribution is -0.163. The summed E-state index contributed by atoms with van der Waals surface area (Å²) in [6, 6.07) is 5.33. The van der Waals surface area contributed by atoms with Crippen LogP contribution in [-0.4, -0.2) is 39.9 Å². The van der Waals surface area contributed by atoms with Crippen molar-refractivity contribution in [3.05, 3.63) is 29.3 Å². The smallest absolute Gasteiger partial charge is 0.273 e. The van der Waals surface area contributed by atoms with E-state index in [4.69, 9.17) is 10.5 Å². The number of piperidine rings is 1. The lowest BCUT2D eigenvalue weighted by atomic mass is 9.93. The van der Waals surface area contributed by atoms with Crippen LogP contribution in [0.1, 0.15) is 60.9 Å². The van der Waals surface area contributed by atoms with Crippen molar-refractivity contribution in [1.29, 1.82) is 0 Å². The fraction of sp³-hybridized carbons (Fsp3) is 0.526. The van der Waals surface area contributed by atoms with Gasteiger partial charge < -0.3 is 10.5 Å². The highest BCUT2D eigenvalue weighted by molar-refractivity contribution is 6.04. The molecule has 1 aliphatic carbocycles. The normalized spacial score (nSPS) is 26.3. The van der Waals surface area contributed by atoms with E-state index in [1.807, 2.05) is 6.07 Å². The number of carbonyl (C=O) groups is 3. The number of amides is 3. The number of fused-ring (bicyclic) bond motifs is 1. The Kier molecular flexibility index (Phi) is 4.40. The molecule has 3 aliphatic rings. The summed E-state index contributed by atoms with van der Waals surface area (Å²) in [5.41, 5.74) is 7.42. The van der Waals surface area contributed by atoms with E-state index < -0.39 is 0 Å². The van der Waals surface area contributed by atoms with Gasteiger partial charge in [0, 0.05) is 24.4 Å². The quantitative estimate of drug-likeness (QED) is 0.832. The van der Waals surface area contributed by atoms with Crippen LogP contribution in [0.3, 0.4) is 0 Å². The van der Waals surface area contributed by atoms with Gasteiger partial charge in [0.25, 0.3) is 5.91 Å². The van der Waals surface area contributed by atoms with Gasteiger partial charge in [0.05, 0.1) is 6.54 Å². The number of benzene rings is 1. The Morgan fingerprint density at radius 2 is 1.73 bits per heavy atom. The van der Waals surface area contributed by atoms with Crippen LogP contribution in [0.2, 0.25) is 0 Å². The average Bonchev–Trinajstić information content (AvgIpc) is 2.93. The molecule has 0 bridgehead atoms. The molecule has 0 spiro atoms. The Balaban J connectivity index is 1.53. The van der Waals surface area contributed by atoms with Crippen LogP contribution >= 0.6 is 0 Å². The van der Waals surface area contributed by atoms with Gasteiger partial charge in [-0.15, -0.1) is 0 Å². The first kappa shape index (κ1) is 17.0. The van der Waals surface area contributed by atoms with Gasteiger partial charge >= 0.3 is 0 Å². The van der Waals surface area contributed by atoms with Gasteiger partial charge in [-0.25, -0.2) is 5.01 Å². The summed E-state index contributed by atoms with van der Waals surface area (Å²) in [7, 11) is 0. The SMILES string of the molecule is N[C@@H]1CCCC[C@@H]1Oc1ccc2c(c1)CN(N1C(=O)CCCC1=O)C2=O. The summed E-state index contributed by atoms with van der Waals surface area (Å²) >= 11 is 0.